The fraction of sp³-hybridized carbons (Fsp3) is 0.824. The lowest BCUT2D eigenvalue weighted by Gasteiger charge is -2.17. The molecule has 0 fully saturated rings. The van der Waals surface area contributed by atoms with Crippen molar-refractivity contribution in [2.75, 3.05) is 0 Å². The Labute approximate surface area is 118 Å². The lowest BCUT2D eigenvalue weighted by molar-refractivity contribution is -0.115. The summed E-state index contributed by atoms with van der Waals surface area (Å²) in [5, 5.41) is 10.0. The number of hydrogen-bond acceptors (Lipinski definition) is 2. The van der Waals surface area contributed by atoms with Gasteiger partial charge in [0, 0.05) is 6.42 Å². The Morgan fingerprint density at radius 1 is 1.05 bits per heavy atom. The second-order valence-electron chi connectivity index (χ2n) is 5.82. The molecule has 110 valence electrons. The summed E-state index contributed by atoms with van der Waals surface area (Å²) in [6.07, 6.45) is 14.9. The van der Waals surface area contributed by atoms with Crippen LogP contribution in [0.3, 0.4) is 0 Å². The molecule has 2 nitrogen and oxygen atoms in total. The van der Waals surface area contributed by atoms with Crippen LogP contribution < -0.4 is 0 Å². The van der Waals surface area contributed by atoms with Gasteiger partial charge in [-0.1, -0.05) is 58.3 Å². The van der Waals surface area contributed by atoms with Gasteiger partial charge in [0.1, 0.15) is 0 Å². The number of unbranched alkanes of at least 4 members (excludes halogenated alkanes) is 7. The van der Waals surface area contributed by atoms with E-state index in [1.54, 1.807) is 6.08 Å². The number of aliphatic hydroxyl groups is 1. The molecule has 1 N–H and O–H groups in total. The van der Waals surface area contributed by atoms with Crippen molar-refractivity contribution in [3.8, 4) is 0 Å². The Morgan fingerprint density at radius 3 is 2.32 bits per heavy atom. The van der Waals surface area contributed by atoms with Gasteiger partial charge in [-0.3, -0.25) is 4.79 Å². The van der Waals surface area contributed by atoms with Crippen molar-refractivity contribution in [3.05, 3.63) is 11.6 Å². The summed E-state index contributed by atoms with van der Waals surface area (Å²) in [4.78, 5) is 11.3. The Morgan fingerprint density at radius 2 is 1.68 bits per heavy atom. The maximum Gasteiger partial charge on any atom is 0.155 e. The average Bonchev–Trinajstić information content (AvgIpc) is 2.41. The Bertz CT molecular complexity index is 281. The van der Waals surface area contributed by atoms with E-state index in [1.807, 2.05) is 0 Å². The maximum absolute atomic E-state index is 11.3. The van der Waals surface area contributed by atoms with Crippen molar-refractivity contribution in [1.29, 1.82) is 0 Å². The highest BCUT2D eigenvalue weighted by atomic mass is 16.3. The quantitative estimate of drug-likeness (QED) is 0.589. The molecule has 0 amide bonds. The summed E-state index contributed by atoms with van der Waals surface area (Å²) in [6.45, 7) is 2.24. The van der Waals surface area contributed by atoms with Crippen LogP contribution in [-0.4, -0.2) is 17.0 Å². The molecule has 0 saturated heterocycles. The van der Waals surface area contributed by atoms with Crippen LogP contribution >= 0.6 is 0 Å². The van der Waals surface area contributed by atoms with Crippen LogP contribution in [-0.2, 0) is 4.79 Å². The summed E-state index contributed by atoms with van der Waals surface area (Å²) in [5.74, 6) is 0.191. The van der Waals surface area contributed by atoms with Gasteiger partial charge in [0.25, 0.3) is 0 Å². The molecular weight excluding hydrogens is 236 g/mol. The molecule has 0 aliphatic heterocycles. The minimum Gasteiger partial charge on any atom is -0.389 e. The van der Waals surface area contributed by atoms with E-state index in [0.717, 1.165) is 31.3 Å². The van der Waals surface area contributed by atoms with Gasteiger partial charge in [-0.15, -0.1) is 0 Å². The van der Waals surface area contributed by atoms with E-state index >= 15 is 0 Å². The molecule has 0 heterocycles. The lowest BCUT2D eigenvalue weighted by Crippen LogP contribution is -2.15. The predicted molar refractivity (Wildman–Crippen MR) is 80.2 cm³/mol. The minimum absolute atomic E-state index is 0.191. The molecule has 19 heavy (non-hydrogen) atoms. The van der Waals surface area contributed by atoms with Crippen LogP contribution in [0.25, 0.3) is 0 Å². The second-order valence-corrected chi connectivity index (χ2v) is 5.82. The average molecular weight is 266 g/mol. The third-order valence-corrected chi connectivity index (χ3v) is 3.99. The Balaban J connectivity index is 2.01. The molecule has 1 aliphatic carbocycles. The van der Waals surface area contributed by atoms with Crippen LogP contribution in [0.4, 0.5) is 0 Å². The summed E-state index contributed by atoms with van der Waals surface area (Å²) in [7, 11) is 0. The normalized spacial score (nSPS) is 17.4. The van der Waals surface area contributed by atoms with E-state index in [-0.39, 0.29) is 11.9 Å². The Kier molecular flexibility index (Phi) is 8.81. The van der Waals surface area contributed by atoms with Gasteiger partial charge in [0.15, 0.2) is 5.78 Å². The van der Waals surface area contributed by atoms with Gasteiger partial charge < -0.3 is 5.11 Å². The largest absolute Gasteiger partial charge is 0.389 e. The van der Waals surface area contributed by atoms with E-state index in [9.17, 15) is 9.90 Å². The van der Waals surface area contributed by atoms with Crippen molar-refractivity contribution < 1.29 is 9.90 Å². The zero-order chi connectivity index (χ0) is 13.9. The van der Waals surface area contributed by atoms with E-state index in [1.165, 1.54) is 44.9 Å². The van der Waals surface area contributed by atoms with Crippen molar-refractivity contribution >= 4 is 5.78 Å². The number of allylic oxidation sites excluding steroid dienone is 1. The standard InChI is InChI=1S/C17H30O2/c1-2-3-4-5-6-7-8-9-13-17(19)15-11-10-12-16(18)14-15/h14,17,19H,2-13H2,1H3. The topological polar surface area (TPSA) is 37.3 Å². The number of aliphatic hydroxyl groups excluding tert-OH is 1. The molecule has 0 aromatic rings. The van der Waals surface area contributed by atoms with Crippen molar-refractivity contribution in [3.63, 3.8) is 0 Å². The highest BCUT2D eigenvalue weighted by Gasteiger charge is 2.16. The van der Waals surface area contributed by atoms with Crippen LogP contribution in [0.5, 0.6) is 0 Å². The summed E-state index contributed by atoms with van der Waals surface area (Å²) >= 11 is 0. The number of hydrogen-bond donors (Lipinski definition) is 1. The smallest absolute Gasteiger partial charge is 0.155 e. The third kappa shape index (κ3) is 7.51. The molecule has 0 aromatic carbocycles. The second kappa shape index (κ2) is 10.2. The summed E-state index contributed by atoms with van der Waals surface area (Å²) in [6, 6.07) is 0. The van der Waals surface area contributed by atoms with Crippen molar-refractivity contribution in [1.82, 2.24) is 0 Å². The van der Waals surface area contributed by atoms with Crippen molar-refractivity contribution in [2.24, 2.45) is 0 Å². The SMILES string of the molecule is CCCCCCCCCCC(O)C1=CC(=O)CCC1. The van der Waals surface area contributed by atoms with Gasteiger partial charge in [0.05, 0.1) is 6.10 Å². The Hall–Kier alpha value is -0.630. The number of carbonyl (C=O) groups excluding carboxylic acids is 1. The van der Waals surface area contributed by atoms with E-state index in [4.69, 9.17) is 0 Å². The van der Waals surface area contributed by atoms with E-state index < -0.39 is 0 Å². The summed E-state index contributed by atoms with van der Waals surface area (Å²) in [5.41, 5.74) is 0.971. The molecule has 0 aromatic heterocycles. The molecule has 1 unspecified atom stereocenters. The van der Waals surface area contributed by atoms with Crippen LogP contribution in [0, 0.1) is 0 Å². The van der Waals surface area contributed by atoms with Crippen LogP contribution in [0.1, 0.15) is 84.0 Å². The maximum atomic E-state index is 11.3. The first kappa shape index (κ1) is 16.4. The summed E-state index contributed by atoms with van der Waals surface area (Å²) < 4.78 is 0. The molecule has 0 bridgehead atoms. The zero-order valence-corrected chi connectivity index (χ0v) is 12.5. The van der Waals surface area contributed by atoms with E-state index in [0.29, 0.717) is 6.42 Å². The van der Waals surface area contributed by atoms with Crippen molar-refractivity contribution in [2.45, 2.75) is 90.1 Å². The molecule has 2 heteroatoms. The third-order valence-electron chi connectivity index (χ3n) is 3.99. The molecule has 1 aliphatic rings. The highest BCUT2D eigenvalue weighted by Crippen LogP contribution is 2.22. The first-order valence-corrected chi connectivity index (χ1v) is 8.15. The molecule has 0 spiro atoms. The lowest BCUT2D eigenvalue weighted by atomic mass is 9.92. The van der Waals surface area contributed by atoms with Gasteiger partial charge >= 0.3 is 0 Å². The highest BCUT2D eigenvalue weighted by molar-refractivity contribution is 5.91. The molecule has 1 rings (SSSR count). The molecule has 0 radical (unpaired) electrons. The first-order valence-electron chi connectivity index (χ1n) is 8.15. The number of carbonyl (C=O) groups is 1. The number of ketones is 1. The molecular formula is C17H30O2. The monoisotopic (exact) mass is 266 g/mol. The van der Waals surface area contributed by atoms with Gasteiger partial charge in [-0.25, -0.2) is 0 Å². The van der Waals surface area contributed by atoms with E-state index in [2.05, 4.69) is 6.92 Å². The molecule has 0 saturated carbocycles. The minimum atomic E-state index is -0.371. The fourth-order valence-electron chi connectivity index (χ4n) is 2.74. The number of rotatable bonds is 10. The first-order chi connectivity index (χ1) is 9.24. The van der Waals surface area contributed by atoms with Gasteiger partial charge in [0.2, 0.25) is 0 Å². The zero-order valence-electron chi connectivity index (χ0n) is 12.5. The van der Waals surface area contributed by atoms with Gasteiger partial charge in [-0.2, -0.15) is 0 Å². The fourth-order valence-corrected chi connectivity index (χ4v) is 2.74. The predicted octanol–water partition coefficient (Wildman–Crippen LogP) is 4.56. The van der Waals surface area contributed by atoms with Gasteiger partial charge in [-0.05, 0) is 30.9 Å². The van der Waals surface area contributed by atoms with Crippen LogP contribution in [0.15, 0.2) is 11.6 Å². The van der Waals surface area contributed by atoms with Crippen LogP contribution in [0.2, 0.25) is 0 Å². The molecule has 1 atom stereocenters.